The summed E-state index contributed by atoms with van der Waals surface area (Å²) in [5.41, 5.74) is -0.400. The van der Waals surface area contributed by atoms with Gasteiger partial charge in [0.05, 0.1) is 5.60 Å². The standard InChI is InChI=1S/C12H23NOS/c1-2-15-11-7-8-12(11,14)9-13-10-5-3-4-6-10/h10-11,13-14H,2-9H2,1H3. The van der Waals surface area contributed by atoms with Crippen LogP contribution in [0.25, 0.3) is 0 Å². The zero-order valence-corrected chi connectivity index (χ0v) is 10.5. The van der Waals surface area contributed by atoms with Gasteiger partial charge in [-0.25, -0.2) is 0 Å². The average Bonchev–Trinajstić information content (AvgIpc) is 2.74. The van der Waals surface area contributed by atoms with Gasteiger partial charge in [0.2, 0.25) is 0 Å². The molecule has 2 aliphatic rings. The van der Waals surface area contributed by atoms with Gasteiger partial charge in [-0.3, -0.25) is 0 Å². The van der Waals surface area contributed by atoms with Crippen LogP contribution in [0.1, 0.15) is 45.4 Å². The summed E-state index contributed by atoms with van der Waals surface area (Å²) in [6.07, 6.45) is 7.53. The zero-order valence-electron chi connectivity index (χ0n) is 9.67. The molecular weight excluding hydrogens is 206 g/mol. The van der Waals surface area contributed by atoms with Gasteiger partial charge in [-0.1, -0.05) is 19.8 Å². The van der Waals surface area contributed by atoms with Crippen LogP contribution in [0.4, 0.5) is 0 Å². The van der Waals surface area contributed by atoms with E-state index in [1.54, 1.807) is 0 Å². The second-order valence-corrected chi connectivity index (χ2v) is 6.43. The van der Waals surface area contributed by atoms with Crippen molar-refractivity contribution < 1.29 is 5.11 Å². The third-order valence-electron chi connectivity index (χ3n) is 3.86. The van der Waals surface area contributed by atoms with Crippen molar-refractivity contribution in [3.63, 3.8) is 0 Å². The quantitative estimate of drug-likeness (QED) is 0.758. The highest BCUT2D eigenvalue weighted by Gasteiger charge is 2.45. The summed E-state index contributed by atoms with van der Waals surface area (Å²) in [5, 5.41) is 14.4. The van der Waals surface area contributed by atoms with Gasteiger partial charge < -0.3 is 10.4 Å². The summed E-state index contributed by atoms with van der Waals surface area (Å²) >= 11 is 1.92. The van der Waals surface area contributed by atoms with E-state index >= 15 is 0 Å². The number of hydrogen-bond donors (Lipinski definition) is 2. The van der Waals surface area contributed by atoms with Crippen LogP contribution in [-0.2, 0) is 0 Å². The van der Waals surface area contributed by atoms with Crippen molar-refractivity contribution in [2.75, 3.05) is 12.3 Å². The molecule has 88 valence electrons. The Morgan fingerprint density at radius 3 is 2.60 bits per heavy atom. The SMILES string of the molecule is CCSC1CCC1(O)CNC1CCCC1. The molecule has 0 radical (unpaired) electrons. The van der Waals surface area contributed by atoms with Crippen LogP contribution in [-0.4, -0.2) is 34.3 Å². The molecule has 2 N–H and O–H groups in total. The lowest BCUT2D eigenvalue weighted by molar-refractivity contribution is -0.0251. The van der Waals surface area contributed by atoms with Gasteiger partial charge in [-0.05, 0) is 31.4 Å². The summed E-state index contributed by atoms with van der Waals surface area (Å²) < 4.78 is 0. The number of aliphatic hydroxyl groups is 1. The van der Waals surface area contributed by atoms with Crippen molar-refractivity contribution in [1.29, 1.82) is 0 Å². The molecule has 0 aromatic rings. The fourth-order valence-corrected chi connectivity index (χ4v) is 3.89. The van der Waals surface area contributed by atoms with Crippen LogP contribution >= 0.6 is 11.8 Å². The van der Waals surface area contributed by atoms with Gasteiger partial charge in [-0.15, -0.1) is 0 Å². The number of hydrogen-bond acceptors (Lipinski definition) is 3. The number of rotatable bonds is 5. The van der Waals surface area contributed by atoms with Crippen LogP contribution in [0, 0.1) is 0 Å². The first-order chi connectivity index (χ1) is 7.24. The van der Waals surface area contributed by atoms with Crippen molar-refractivity contribution in [2.45, 2.75) is 62.3 Å². The molecule has 15 heavy (non-hydrogen) atoms. The Kier molecular flexibility index (Phi) is 3.97. The monoisotopic (exact) mass is 229 g/mol. The number of thioether (sulfide) groups is 1. The minimum Gasteiger partial charge on any atom is -0.387 e. The maximum absolute atomic E-state index is 10.4. The van der Waals surface area contributed by atoms with E-state index in [1.807, 2.05) is 11.8 Å². The predicted octanol–water partition coefficient (Wildman–Crippen LogP) is 2.17. The van der Waals surface area contributed by atoms with E-state index in [9.17, 15) is 5.11 Å². The van der Waals surface area contributed by atoms with Crippen molar-refractivity contribution in [1.82, 2.24) is 5.32 Å². The normalized spacial score (nSPS) is 36.8. The third kappa shape index (κ3) is 2.69. The zero-order chi connectivity index (χ0) is 10.7. The maximum atomic E-state index is 10.4. The van der Waals surface area contributed by atoms with Crippen molar-refractivity contribution in [3.8, 4) is 0 Å². The molecule has 0 aromatic heterocycles. The Morgan fingerprint density at radius 1 is 1.33 bits per heavy atom. The molecule has 0 aromatic carbocycles. The van der Waals surface area contributed by atoms with E-state index in [-0.39, 0.29) is 0 Å². The van der Waals surface area contributed by atoms with E-state index in [0.29, 0.717) is 11.3 Å². The Balaban J connectivity index is 1.72. The number of nitrogens with one attached hydrogen (secondary N) is 1. The molecule has 2 rings (SSSR count). The highest BCUT2D eigenvalue weighted by atomic mass is 32.2. The minimum atomic E-state index is -0.400. The smallest absolute Gasteiger partial charge is 0.0889 e. The average molecular weight is 229 g/mol. The molecule has 2 atom stereocenters. The fraction of sp³-hybridized carbons (Fsp3) is 1.00. The van der Waals surface area contributed by atoms with Crippen LogP contribution in [0.15, 0.2) is 0 Å². The first-order valence-corrected chi connectivity index (χ1v) is 7.37. The lowest BCUT2D eigenvalue weighted by atomic mass is 9.79. The first-order valence-electron chi connectivity index (χ1n) is 6.32. The molecule has 0 aliphatic heterocycles. The molecule has 0 spiro atoms. The van der Waals surface area contributed by atoms with Crippen LogP contribution in [0.3, 0.4) is 0 Å². The third-order valence-corrected chi connectivity index (χ3v) is 5.27. The molecule has 3 heteroatoms. The molecule has 2 saturated carbocycles. The summed E-state index contributed by atoms with van der Waals surface area (Å²) in [6.45, 7) is 2.99. The van der Waals surface area contributed by atoms with Crippen molar-refractivity contribution >= 4 is 11.8 Å². The van der Waals surface area contributed by atoms with Gasteiger partial charge in [0.1, 0.15) is 0 Å². The van der Waals surface area contributed by atoms with E-state index in [0.717, 1.165) is 18.7 Å². The maximum Gasteiger partial charge on any atom is 0.0889 e. The van der Waals surface area contributed by atoms with Gasteiger partial charge in [-0.2, -0.15) is 11.8 Å². The van der Waals surface area contributed by atoms with E-state index < -0.39 is 5.60 Å². The lowest BCUT2D eigenvalue weighted by Gasteiger charge is -2.45. The van der Waals surface area contributed by atoms with Gasteiger partial charge in [0.15, 0.2) is 0 Å². The Hall–Kier alpha value is 0.270. The largest absolute Gasteiger partial charge is 0.387 e. The summed E-state index contributed by atoms with van der Waals surface area (Å²) in [4.78, 5) is 0. The van der Waals surface area contributed by atoms with Crippen molar-refractivity contribution in [2.24, 2.45) is 0 Å². The van der Waals surface area contributed by atoms with Crippen LogP contribution in [0.5, 0.6) is 0 Å². The van der Waals surface area contributed by atoms with Gasteiger partial charge in [0, 0.05) is 17.8 Å². The topological polar surface area (TPSA) is 32.3 Å². The van der Waals surface area contributed by atoms with E-state index in [1.165, 1.54) is 32.1 Å². The highest BCUT2D eigenvalue weighted by Crippen LogP contribution is 2.40. The van der Waals surface area contributed by atoms with Gasteiger partial charge in [0.25, 0.3) is 0 Å². The molecule has 0 bridgehead atoms. The van der Waals surface area contributed by atoms with Gasteiger partial charge >= 0.3 is 0 Å². The minimum absolute atomic E-state index is 0.400. The first kappa shape index (κ1) is 11.7. The molecule has 0 heterocycles. The molecular formula is C12H23NOS. The second kappa shape index (κ2) is 5.07. The summed E-state index contributed by atoms with van der Waals surface area (Å²) in [6, 6.07) is 0.682. The Labute approximate surface area is 97.2 Å². The molecule has 2 unspecified atom stereocenters. The summed E-state index contributed by atoms with van der Waals surface area (Å²) in [7, 11) is 0. The molecule has 2 nitrogen and oxygen atoms in total. The Morgan fingerprint density at radius 2 is 2.07 bits per heavy atom. The second-order valence-electron chi connectivity index (χ2n) is 4.95. The van der Waals surface area contributed by atoms with Crippen molar-refractivity contribution in [3.05, 3.63) is 0 Å². The summed E-state index contributed by atoms with van der Waals surface area (Å²) in [5.74, 6) is 1.12. The molecule has 0 saturated heterocycles. The molecule has 2 fully saturated rings. The van der Waals surface area contributed by atoms with Crippen LogP contribution in [0.2, 0.25) is 0 Å². The predicted molar refractivity (Wildman–Crippen MR) is 66.4 cm³/mol. The van der Waals surface area contributed by atoms with E-state index in [2.05, 4.69) is 12.2 Å². The van der Waals surface area contributed by atoms with Crippen LogP contribution < -0.4 is 5.32 Å². The van der Waals surface area contributed by atoms with E-state index in [4.69, 9.17) is 0 Å². The molecule has 2 aliphatic carbocycles. The molecule has 0 amide bonds. The fourth-order valence-electron chi connectivity index (χ4n) is 2.69. The lowest BCUT2D eigenvalue weighted by Crippen LogP contribution is -2.57. The highest BCUT2D eigenvalue weighted by molar-refractivity contribution is 8.00. The Bertz CT molecular complexity index is 206.